The summed E-state index contributed by atoms with van der Waals surface area (Å²) in [5.74, 6) is -0.601. The van der Waals surface area contributed by atoms with E-state index in [0.29, 0.717) is 16.4 Å². The number of anilines is 1. The number of benzene rings is 2. The Morgan fingerprint density at radius 2 is 1.81 bits per heavy atom. The van der Waals surface area contributed by atoms with Gasteiger partial charge in [-0.2, -0.15) is 0 Å². The Hall–Kier alpha value is -3.16. The summed E-state index contributed by atoms with van der Waals surface area (Å²) in [6.45, 7) is 0.0539. The van der Waals surface area contributed by atoms with Gasteiger partial charge in [-0.1, -0.05) is 60.1 Å². The van der Waals surface area contributed by atoms with Gasteiger partial charge in [0.25, 0.3) is 5.91 Å². The maximum atomic E-state index is 13.7. The van der Waals surface area contributed by atoms with Crippen molar-refractivity contribution in [1.82, 2.24) is 4.98 Å². The van der Waals surface area contributed by atoms with Crippen molar-refractivity contribution in [3.63, 3.8) is 0 Å². The van der Waals surface area contributed by atoms with Gasteiger partial charge in [0, 0.05) is 11.2 Å². The van der Waals surface area contributed by atoms with E-state index >= 15 is 0 Å². The highest BCUT2D eigenvalue weighted by atomic mass is 35.5. The number of nitrogens with zero attached hydrogens (tertiary/aromatic N) is 2. The molecule has 0 spiro atoms. The highest BCUT2D eigenvalue weighted by Gasteiger charge is 2.36. The van der Waals surface area contributed by atoms with Crippen LogP contribution in [0.15, 0.2) is 84.8 Å². The molecular formula is C23H19ClN2O4S. The van der Waals surface area contributed by atoms with Crippen LogP contribution in [0, 0.1) is 0 Å². The first-order chi connectivity index (χ1) is 15.0. The summed E-state index contributed by atoms with van der Waals surface area (Å²) in [5, 5.41) is 0.534. The minimum Gasteiger partial charge on any atom is -0.486 e. The van der Waals surface area contributed by atoms with Crippen LogP contribution in [0.5, 0.6) is 0 Å². The van der Waals surface area contributed by atoms with Crippen molar-refractivity contribution in [3.05, 3.63) is 101 Å². The van der Waals surface area contributed by atoms with Gasteiger partial charge in [-0.15, -0.1) is 0 Å². The molecule has 158 valence electrons. The van der Waals surface area contributed by atoms with Gasteiger partial charge in [0.05, 0.1) is 12.3 Å². The molecule has 0 saturated carbocycles. The van der Waals surface area contributed by atoms with Gasteiger partial charge in [-0.3, -0.25) is 9.69 Å². The Labute approximate surface area is 185 Å². The highest BCUT2D eigenvalue weighted by Crippen LogP contribution is 2.32. The molecule has 0 saturated heterocycles. The Balaban J connectivity index is 1.84. The molecule has 0 unspecified atom stereocenters. The first kappa shape index (κ1) is 21.1. The second-order valence-electron chi connectivity index (χ2n) is 6.90. The van der Waals surface area contributed by atoms with Crippen LogP contribution in [0.2, 0.25) is 5.02 Å². The zero-order chi connectivity index (χ0) is 21.8. The third kappa shape index (κ3) is 4.62. The van der Waals surface area contributed by atoms with E-state index in [4.69, 9.17) is 16.3 Å². The van der Waals surface area contributed by atoms with E-state index in [1.807, 2.05) is 6.07 Å². The van der Waals surface area contributed by atoms with Crippen LogP contribution in [-0.2, 0) is 25.9 Å². The number of sulfone groups is 1. The molecule has 6 nitrogen and oxygen atoms in total. The third-order valence-corrected chi connectivity index (χ3v) is 6.73. The molecule has 1 aromatic heterocycles. The Bertz CT molecular complexity index is 1230. The normalized spacial score (nSPS) is 15.3. The molecule has 2 aromatic carbocycles. The fourth-order valence-electron chi connectivity index (χ4n) is 3.33. The Morgan fingerprint density at radius 3 is 2.52 bits per heavy atom. The zero-order valence-electron chi connectivity index (χ0n) is 16.4. The molecule has 0 atom stereocenters. The van der Waals surface area contributed by atoms with Crippen LogP contribution in [0.25, 0.3) is 4.91 Å². The van der Waals surface area contributed by atoms with E-state index in [-0.39, 0.29) is 29.6 Å². The molecule has 31 heavy (non-hydrogen) atoms. The van der Waals surface area contributed by atoms with Gasteiger partial charge in [-0.05, 0) is 35.4 Å². The van der Waals surface area contributed by atoms with Crippen LogP contribution in [0.3, 0.4) is 0 Å². The van der Waals surface area contributed by atoms with E-state index in [2.05, 4.69) is 4.98 Å². The van der Waals surface area contributed by atoms with Crippen LogP contribution in [0.4, 0.5) is 5.82 Å². The number of rotatable bonds is 5. The van der Waals surface area contributed by atoms with Crippen molar-refractivity contribution >= 4 is 38.1 Å². The van der Waals surface area contributed by atoms with Crippen molar-refractivity contribution in [2.75, 3.05) is 17.3 Å². The number of carbonyl (C=O) groups is 1. The van der Waals surface area contributed by atoms with Gasteiger partial charge in [0.1, 0.15) is 17.3 Å². The number of hydrogen-bond donors (Lipinski definition) is 0. The van der Waals surface area contributed by atoms with E-state index in [1.165, 1.54) is 4.90 Å². The van der Waals surface area contributed by atoms with Crippen LogP contribution in [0.1, 0.15) is 11.1 Å². The maximum Gasteiger partial charge on any atom is 0.296 e. The van der Waals surface area contributed by atoms with Crippen molar-refractivity contribution in [2.45, 2.75) is 6.54 Å². The maximum absolute atomic E-state index is 13.7. The Kier molecular flexibility index (Phi) is 6.06. The standard InChI is InChI=1S/C23H19ClN2O4S/c24-19-10-6-7-17(15-19)16-26(20-11-4-5-12-25-20)23(27)21-22(18-8-2-1-3-9-18)31(28,29)14-13-30-21/h1-12,15H,13-14,16H2. The fraction of sp³-hybridized carbons (Fsp3) is 0.130. The average molecular weight is 455 g/mol. The lowest BCUT2D eigenvalue weighted by molar-refractivity contribution is -0.118. The summed E-state index contributed by atoms with van der Waals surface area (Å²) >= 11 is 6.11. The summed E-state index contributed by atoms with van der Waals surface area (Å²) in [6, 6.07) is 20.8. The van der Waals surface area contributed by atoms with E-state index in [9.17, 15) is 13.2 Å². The minimum absolute atomic E-state index is 0.0903. The largest absolute Gasteiger partial charge is 0.486 e. The van der Waals surface area contributed by atoms with Crippen molar-refractivity contribution in [1.29, 1.82) is 0 Å². The Morgan fingerprint density at radius 1 is 1.03 bits per heavy atom. The molecule has 2 heterocycles. The van der Waals surface area contributed by atoms with Crippen LogP contribution in [-0.4, -0.2) is 31.7 Å². The lowest BCUT2D eigenvalue weighted by Gasteiger charge is -2.27. The second kappa shape index (κ2) is 8.91. The molecule has 0 radical (unpaired) electrons. The van der Waals surface area contributed by atoms with Gasteiger partial charge < -0.3 is 4.74 Å². The number of halogens is 1. The molecule has 3 aromatic rings. The number of carbonyl (C=O) groups excluding carboxylic acids is 1. The minimum atomic E-state index is -3.70. The fourth-order valence-corrected chi connectivity index (χ4v) is 4.98. The molecule has 8 heteroatoms. The summed E-state index contributed by atoms with van der Waals surface area (Å²) in [6.07, 6.45) is 1.57. The summed E-state index contributed by atoms with van der Waals surface area (Å²) in [7, 11) is -3.70. The number of ether oxygens (including phenoxy) is 1. The average Bonchev–Trinajstić information content (AvgIpc) is 2.77. The van der Waals surface area contributed by atoms with Gasteiger partial charge in [0.2, 0.25) is 5.76 Å². The molecule has 4 rings (SSSR count). The highest BCUT2D eigenvalue weighted by molar-refractivity contribution is 8.00. The predicted molar refractivity (Wildman–Crippen MR) is 120 cm³/mol. The molecule has 0 aliphatic carbocycles. The topological polar surface area (TPSA) is 76.6 Å². The molecule has 1 amide bonds. The number of pyridine rings is 1. The summed E-state index contributed by atoms with van der Waals surface area (Å²) in [5.41, 5.74) is 1.18. The van der Waals surface area contributed by atoms with Crippen molar-refractivity contribution in [2.24, 2.45) is 0 Å². The zero-order valence-corrected chi connectivity index (χ0v) is 18.0. The lowest BCUT2D eigenvalue weighted by Crippen LogP contribution is -2.36. The number of aromatic nitrogens is 1. The van der Waals surface area contributed by atoms with Crippen LogP contribution < -0.4 is 4.90 Å². The van der Waals surface area contributed by atoms with Crippen molar-refractivity contribution < 1.29 is 17.9 Å². The lowest BCUT2D eigenvalue weighted by atomic mass is 10.1. The molecule has 0 bridgehead atoms. The van der Waals surface area contributed by atoms with E-state index in [0.717, 1.165) is 5.56 Å². The van der Waals surface area contributed by atoms with Gasteiger partial charge >= 0.3 is 0 Å². The molecule has 1 aliphatic heterocycles. The number of amides is 1. The van der Waals surface area contributed by atoms with Crippen LogP contribution >= 0.6 is 11.6 Å². The smallest absolute Gasteiger partial charge is 0.296 e. The first-order valence-corrected chi connectivity index (χ1v) is 11.6. The molecule has 1 aliphatic rings. The quantitative estimate of drug-likeness (QED) is 0.580. The first-order valence-electron chi connectivity index (χ1n) is 9.58. The number of hydrogen-bond acceptors (Lipinski definition) is 5. The predicted octanol–water partition coefficient (Wildman–Crippen LogP) is 4.08. The second-order valence-corrected chi connectivity index (χ2v) is 9.38. The third-order valence-electron chi connectivity index (χ3n) is 4.75. The summed E-state index contributed by atoms with van der Waals surface area (Å²) in [4.78, 5) is 19.3. The monoisotopic (exact) mass is 454 g/mol. The summed E-state index contributed by atoms with van der Waals surface area (Å²) < 4.78 is 31.5. The van der Waals surface area contributed by atoms with E-state index < -0.39 is 15.7 Å². The molecule has 0 fully saturated rings. The SMILES string of the molecule is O=C(C1=C(c2ccccc2)S(=O)(=O)CCO1)N(Cc1cccc(Cl)c1)c1ccccn1. The van der Waals surface area contributed by atoms with Gasteiger partial charge in [0.15, 0.2) is 9.84 Å². The van der Waals surface area contributed by atoms with Crippen molar-refractivity contribution in [3.8, 4) is 0 Å². The molecular weight excluding hydrogens is 436 g/mol. The van der Waals surface area contributed by atoms with Gasteiger partial charge in [-0.25, -0.2) is 13.4 Å². The molecule has 0 N–H and O–H groups in total. The van der Waals surface area contributed by atoms with E-state index in [1.54, 1.807) is 72.9 Å².